The van der Waals surface area contributed by atoms with E-state index in [0.717, 1.165) is 5.69 Å². The molecule has 2 amide bonds. The molecule has 1 aromatic carbocycles. The second-order valence-electron chi connectivity index (χ2n) is 6.53. The lowest BCUT2D eigenvalue weighted by molar-refractivity contribution is 0.0667. The summed E-state index contributed by atoms with van der Waals surface area (Å²) in [5, 5.41) is 7.30. The number of hydrogen-bond donors (Lipinski definition) is 1. The molecule has 1 aliphatic heterocycles. The first-order chi connectivity index (χ1) is 13.2. The zero-order valence-electron chi connectivity index (χ0n) is 14.7. The molecule has 0 unspecified atom stereocenters. The molecule has 0 aliphatic carbocycles. The van der Waals surface area contributed by atoms with Gasteiger partial charge in [-0.05, 0) is 37.1 Å². The Balaban J connectivity index is 1.32. The van der Waals surface area contributed by atoms with Gasteiger partial charge < -0.3 is 14.6 Å². The SMILES string of the molecule is O=C(NC1CCN(C(=O)c2ccco2)CC1)c1cnn(-c2ccccc2)c1. The van der Waals surface area contributed by atoms with E-state index >= 15 is 0 Å². The van der Waals surface area contributed by atoms with Gasteiger partial charge in [-0.15, -0.1) is 0 Å². The number of likely N-dealkylation sites (tertiary alicyclic amines) is 1. The third kappa shape index (κ3) is 3.76. The number of carbonyl (C=O) groups is 2. The molecule has 2 aromatic heterocycles. The Kier molecular flexibility index (Phi) is 4.74. The maximum Gasteiger partial charge on any atom is 0.289 e. The molecule has 3 heterocycles. The molecule has 1 saturated heterocycles. The second-order valence-corrected chi connectivity index (χ2v) is 6.53. The molecule has 0 radical (unpaired) electrons. The molecule has 4 rings (SSSR count). The minimum Gasteiger partial charge on any atom is -0.459 e. The van der Waals surface area contributed by atoms with Crippen LogP contribution in [0, 0.1) is 0 Å². The third-order valence-electron chi connectivity index (χ3n) is 4.71. The van der Waals surface area contributed by atoms with Crippen LogP contribution in [0.2, 0.25) is 0 Å². The van der Waals surface area contributed by atoms with Crippen LogP contribution in [-0.4, -0.2) is 45.6 Å². The third-order valence-corrected chi connectivity index (χ3v) is 4.71. The number of benzene rings is 1. The molecule has 1 fully saturated rings. The number of nitrogens with zero attached hydrogens (tertiary/aromatic N) is 3. The number of rotatable bonds is 4. The fourth-order valence-electron chi connectivity index (χ4n) is 3.21. The highest BCUT2D eigenvalue weighted by molar-refractivity contribution is 5.94. The van der Waals surface area contributed by atoms with Gasteiger partial charge >= 0.3 is 0 Å². The average Bonchev–Trinajstić information content (AvgIpc) is 3.41. The van der Waals surface area contributed by atoms with Gasteiger partial charge in [0.25, 0.3) is 11.8 Å². The number of amides is 2. The summed E-state index contributed by atoms with van der Waals surface area (Å²) >= 11 is 0. The molecular weight excluding hydrogens is 344 g/mol. The fourth-order valence-corrected chi connectivity index (χ4v) is 3.21. The first-order valence-corrected chi connectivity index (χ1v) is 8.94. The predicted molar refractivity (Wildman–Crippen MR) is 98.7 cm³/mol. The van der Waals surface area contributed by atoms with E-state index in [2.05, 4.69) is 10.4 Å². The summed E-state index contributed by atoms with van der Waals surface area (Å²) in [4.78, 5) is 26.5. The van der Waals surface area contributed by atoms with Crippen molar-refractivity contribution in [2.45, 2.75) is 18.9 Å². The normalized spacial score (nSPS) is 14.9. The van der Waals surface area contributed by atoms with Crippen LogP contribution in [-0.2, 0) is 0 Å². The molecule has 138 valence electrons. The number of para-hydroxylation sites is 1. The lowest BCUT2D eigenvalue weighted by Crippen LogP contribution is -2.46. The molecule has 1 aliphatic rings. The summed E-state index contributed by atoms with van der Waals surface area (Å²) in [5.41, 5.74) is 1.43. The summed E-state index contributed by atoms with van der Waals surface area (Å²) < 4.78 is 6.85. The Bertz CT molecular complexity index is 910. The highest BCUT2D eigenvalue weighted by Crippen LogP contribution is 2.15. The van der Waals surface area contributed by atoms with Gasteiger partial charge in [-0.3, -0.25) is 9.59 Å². The average molecular weight is 364 g/mol. The summed E-state index contributed by atoms with van der Waals surface area (Å²) in [6, 6.07) is 13.1. The molecule has 3 aromatic rings. The largest absolute Gasteiger partial charge is 0.459 e. The van der Waals surface area contributed by atoms with Crippen LogP contribution in [0.25, 0.3) is 5.69 Å². The van der Waals surface area contributed by atoms with Gasteiger partial charge in [0, 0.05) is 25.3 Å². The minimum atomic E-state index is -0.145. The predicted octanol–water partition coefficient (Wildman–Crippen LogP) is 2.50. The second kappa shape index (κ2) is 7.49. The van der Waals surface area contributed by atoms with E-state index in [-0.39, 0.29) is 17.9 Å². The fraction of sp³-hybridized carbons (Fsp3) is 0.250. The van der Waals surface area contributed by atoms with Crippen LogP contribution in [0.15, 0.2) is 65.5 Å². The Labute approximate surface area is 156 Å². The van der Waals surface area contributed by atoms with Crippen molar-refractivity contribution in [3.8, 4) is 5.69 Å². The van der Waals surface area contributed by atoms with Crippen LogP contribution in [0.1, 0.15) is 33.8 Å². The Morgan fingerprint density at radius 3 is 2.56 bits per heavy atom. The van der Waals surface area contributed by atoms with Crippen LogP contribution in [0.3, 0.4) is 0 Å². The maximum atomic E-state index is 12.5. The summed E-state index contributed by atoms with van der Waals surface area (Å²) in [7, 11) is 0. The van der Waals surface area contributed by atoms with Gasteiger partial charge in [0.15, 0.2) is 5.76 Å². The van der Waals surface area contributed by atoms with E-state index in [4.69, 9.17) is 4.42 Å². The Morgan fingerprint density at radius 1 is 1.07 bits per heavy atom. The molecule has 1 N–H and O–H groups in total. The van der Waals surface area contributed by atoms with Crippen molar-refractivity contribution >= 4 is 11.8 Å². The van der Waals surface area contributed by atoms with E-state index in [1.807, 2.05) is 30.3 Å². The van der Waals surface area contributed by atoms with E-state index in [1.54, 1.807) is 34.1 Å². The van der Waals surface area contributed by atoms with Gasteiger partial charge in [0.05, 0.1) is 23.7 Å². The van der Waals surface area contributed by atoms with Crippen LogP contribution in [0.5, 0.6) is 0 Å². The first-order valence-electron chi connectivity index (χ1n) is 8.94. The smallest absolute Gasteiger partial charge is 0.289 e. The Morgan fingerprint density at radius 2 is 1.85 bits per heavy atom. The van der Waals surface area contributed by atoms with Gasteiger partial charge in [-0.2, -0.15) is 5.10 Å². The van der Waals surface area contributed by atoms with Crippen molar-refractivity contribution in [2.75, 3.05) is 13.1 Å². The maximum absolute atomic E-state index is 12.5. The van der Waals surface area contributed by atoms with Crippen LogP contribution >= 0.6 is 0 Å². The number of furan rings is 1. The van der Waals surface area contributed by atoms with E-state index in [9.17, 15) is 9.59 Å². The standard InChI is InChI=1S/C20H20N4O3/c25-19(15-13-21-24(14-15)17-5-2-1-3-6-17)22-16-8-10-23(11-9-16)20(26)18-7-4-12-27-18/h1-7,12-14,16H,8-11H2,(H,22,25). The van der Waals surface area contributed by atoms with Crippen molar-refractivity contribution in [2.24, 2.45) is 0 Å². The topological polar surface area (TPSA) is 80.4 Å². The van der Waals surface area contributed by atoms with Crippen molar-refractivity contribution in [1.29, 1.82) is 0 Å². The molecule has 7 heteroatoms. The monoisotopic (exact) mass is 364 g/mol. The highest BCUT2D eigenvalue weighted by Gasteiger charge is 2.26. The van der Waals surface area contributed by atoms with Gasteiger partial charge in [0.2, 0.25) is 0 Å². The lowest BCUT2D eigenvalue weighted by Gasteiger charge is -2.31. The molecule has 0 spiro atoms. The summed E-state index contributed by atoms with van der Waals surface area (Å²) in [6.45, 7) is 1.18. The van der Waals surface area contributed by atoms with Gasteiger partial charge in [0.1, 0.15) is 0 Å². The Hall–Kier alpha value is -3.35. The zero-order chi connectivity index (χ0) is 18.6. The number of nitrogens with one attached hydrogen (secondary N) is 1. The van der Waals surface area contributed by atoms with Gasteiger partial charge in [-0.1, -0.05) is 18.2 Å². The van der Waals surface area contributed by atoms with E-state index < -0.39 is 0 Å². The minimum absolute atomic E-state index is 0.0400. The van der Waals surface area contributed by atoms with Crippen LogP contribution in [0.4, 0.5) is 0 Å². The number of carbonyl (C=O) groups excluding carboxylic acids is 2. The van der Waals surface area contributed by atoms with Crippen LogP contribution < -0.4 is 5.32 Å². The highest BCUT2D eigenvalue weighted by atomic mass is 16.3. The first kappa shape index (κ1) is 17.1. The number of piperidine rings is 1. The van der Waals surface area contributed by atoms with Crippen molar-refractivity contribution in [3.05, 3.63) is 72.4 Å². The summed E-state index contributed by atoms with van der Waals surface area (Å²) in [5.74, 6) is 0.104. The molecule has 0 saturated carbocycles. The number of hydrogen-bond acceptors (Lipinski definition) is 4. The molecule has 0 bridgehead atoms. The number of aromatic nitrogens is 2. The van der Waals surface area contributed by atoms with Crippen molar-refractivity contribution in [3.63, 3.8) is 0 Å². The molecule has 0 atom stereocenters. The van der Waals surface area contributed by atoms with Gasteiger partial charge in [-0.25, -0.2) is 4.68 Å². The lowest BCUT2D eigenvalue weighted by atomic mass is 10.0. The zero-order valence-corrected chi connectivity index (χ0v) is 14.7. The summed E-state index contributed by atoms with van der Waals surface area (Å²) in [6.07, 6.45) is 6.21. The van der Waals surface area contributed by atoms with Crippen molar-refractivity contribution in [1.82, 2.24) is 20.0 Å². The van der Waals surface area contributed by atoms with E-state index in [1.165, 1.54) is 6.26 Å². The van der Waals surface area contributed by atoms with E-state index in [0.29, 0.717) is 37.3 Å². The quantitative estimate of drug-likeness (QED) is 0.771. The molecular formula is C20H20N4O3. The van der Waals surface area contributed by atoms with Crippen molar-refractivity contribution < 1.29 is 14.0 Å². The molecule has 27 heavy (non-hydrogen) atoms. The molecule has 7 nitrogen and oxygen atoms in total.